The van der Waals surface area contributed by atoms with Gasteiger partial charge in [0.1, 0.15) is 11.2 Å². The number of rotatable bonds is 4. The molecule has 2 aliphatic rings. The van der Waals surface area contributed by atoms with Crippen molar-refractivity contribution in [1.29, 1.82) is 0 Å². The molecule has 0 spiro atoms. The van der Waals surface area contributed by atoms with Gasteiger partial charge < -0.3 is 10.1 Å². The van der Waals surface area contributed by atoms with Gasteiger partial charge in [-0.1, -0.05) is 29.8 Å². The fraction of sp³-hybridized carbons (Fsp3) is 0.375. The normalized spacial score (nSPS) is 25.6. The van der Waals surface area contributed by atoms with Crippen LogP contribution in [0.3, 0.4) is 0 Å². The molecule has 1 aromatic rings. The van der Waals surface area contributed by atoms with E-state index < -0.39 is 0 Å². The van der Waals surface area contributed by atoms with Crippen molar-refractivity contribution >= 4 is 29.5 Å². The lowest BCUT2D eigenvalue weighted by Gasteiger charge is -2.25. The van der Waals surface area contributed by atoms with Crippen LogP contribution in [-0.2, 0) is 4.74 Å². The predicted molar refractivity (Wildman–Crippen MR) is 89.8 cm³/mol. The molecule has 0 amide bonds. The lowest BCUT2D eigenvalue weighted by molar-refractivity contribution is 0.208. The highest BCUT2D eigenvalue weighted by atomic mass is 32.2. The molecule has 0 radical (unpaired) electrons. The Kier molecular flexibility index (Phi) is 4.41. The van der Waals surface area contributed by atoms with Gasteiger partial charge in [-0.05, 0) is 23.5 Å². The molecule has 2 aliphatic heterocycles. The molecule has 0 saturated heterocycles. The summed E-state index contributed by atoms with van der Waals surface area (Å²) < 4.78 is 5.08. The number of fused-ring (bicyclic) bond motifs is 1. The molecular weight excluding hydrogens is 282 g/mol. The van der Waals surface area contributed by atoms with Gasteiger partial charge in [0.15, 0.2) is 0 Å². The minimum atomic E-state index is 0.198. The summed E-state index contributed by atoms with van der Waals surface area (Å²) in [5, 5.41) is 5.63. The SMILES string of the molecule is COCCN=C1NC=N[C@H]2SC=C(c3ccc(C)cc3)[C@@H]12. The molecule has 110 valence electrons. The molecule has 5 heteroatoms. The van der Waals surface area contributed by atoms with Crippen molar-refractivity contribution in [3.8, 4) is 0 Å². The maximum absolute atomic E-state index is 5.08. The topological polar surface area (TPSA) is 46.0 Å². The number of methoxy groups -OCH3 is 1. The van der Waals surface area contributed by atoms with Crippen LogP contribution < -0.4 is 5.32 Å². The summed E-state index contributed by atoms with van der Waals surface area (Å²) in [5.41, 5.74) is 3.82. The number of benzene rings is 1. The predicted octanol–water partition coefficient (Wildman–Crippen LogP) is 2.70. The van der Waals surface area contributed by atoms with Crippen LogP contribution >= 0.6 is 11.8 Å². The zero-order valence-electron chi connectivity index (χ0n) is 12.2. The number of amidine groups is 1. The van der Waals surface area contributed by atoms with Gasteiger partial charge in [0.2, 0.25) is 0 Å². The Morgan fingerprint density at radius 2 is 2.14 bits per heavy atom. The minimum Gasteiger partial charge on any atom is -0.383 e. The Morgan fingerprint density at radius 3 is 2.90 bits per heavy atom. The first-order valence-electron chi connectivity index (χ1n) is 7.03. The van der Waals surface area contributed by atoms with E-state index in [1.165, 1.54) is 16.7 Å². The summed E-state index contributed by atoms with van der Waals surface area (Å²) in [5.74, 6) is 1.20. The molecule has 0 aromatic heterocycles. The van der Waals surface area contributed by atoms with E-state index >= 15 is 0 Å². The smallest absolute Gasteiger partial charge is 0.115 e. The van der Waals surface area contributed by atoms with Gasteiger partial charge in [-0.3, -0.25) is 9.98 Å². The Balaban J connectivity index is 1.87. The van der Waals surface area contributed by atoms with E-state index in [4.69, 9.17) is 4.74 Å². The van der Waals surface area contributed by atoms with E-state index in [1.54, 1.807) is 25.2 Å². The monoisotopic (exact) mass is 301 g/mol. The van der Waals surface area contributed by atoms with E-state index in [0.29, 0.717) is 13.2 Å². The van der Waals surface area contributed by atoms with Crippen molar-refractivity contribution in [2.24, 2.45) is 15.9 Å². The average molecular weight is 301 g/mol. The number of ether oxygens (including phenoxy) is 1. The third-order valence-electron chi connectivity index (χ3n) is 3.65. The number of hydrogen-bond acceptors (Lipinski definition) is 4. The molecule has 3 rings (SSSR count). The first-order chi connectivity index (χ1) is 10.3. The van der Waals surface area contributed by atoms with Gasteiger partial charge in [-0.15, -0.1) is 11.8 Å². The zero-order valence-corrected chi connectivity index (χ0v) is 13.1. The van der Waals surface area contributed by atoms with E-state index in [0.717, 1.165) is 5.84 Å². The van der Waals surface area contributed by atoms with Crippen molar-refractivity contribution in [2.75, 3.05) is 20.3 Å². The highest BCUT2D eigenvalue weighted by molar-refractivity contribution is 8.03. The molecule has 4 nitrogen and oxygen atoms in total. The second-order valence-electron chi connectivity index (χ2n) is 5.13. The van der Waals surface area contributed by atoms with Gasteiger partial charge in [0.25, 0.3) is 0 Å². The summed E-state index contributed by atoms with van der Waals surface area (Å²) >= 11 is 1.76. The minimum absolute atomic E-state index is 0.198. The number of nitrogens with zero attached hydrogens (tertiary/aromatic N) is 2. The largest absolute Gasteiger partial charge is 0.383 e. The summed E-state index contributed by atoms with van der Waals surface area (Å²) in [7, 11) is 1.70. The zero-order chi connectivity index (χ0) is 14.7. The highest BCUT2D eigenvalue weighted by Crippen LogP contribution is 2.43. The molecule has 0 fully saturated rings. The molecule has 0 saturated carbocycles. The third kappa shape index (κ3) is 3.04. The first kappa shape index (κ1) is 14.4. The van der Waals surface area contributed by atoms with Crippen LogP contribution in [0.15, 0.2) is 39.7 Å². The van der Waals surface area contributed by atoms with Crippen LogP contribution in [0, 0.1) is 12.8 Å². The van der Waals surface area contributed by atoms with E-state index in [2.05, 4.69) is 51.9 Å². The van der Waals surface area contributed by atoms with Crippen LogP contribution in [0.5, 0.6) is 0 Å². The maximum atomic E-state index is 5.08. The van der Waals surface area contributed by atoms with Crippen molar-refractivity contribution in [2.45, 2.75) is 12.3 Å². The molecule has 0 unspecified atom stereocenters. The second-order valence-corrected chi connectivity index (χ2v) is 6.12. The summed E-state index contributed by atoms with van der Waals surface area (Å²) in [6.45, 7) is 3.41. The molecule has 1 N–H and O–H groups in total. The van der Waals surface area contributed by atoms with Crippen molar-refractivity contribution in [3.05, 3.63) is 40.8 Å². The Morgan fingerprint density at radius 1 is 1.33 bits per heavy atom. The summed E-state index contributed by atoms with van der Waals surface area (Å²) in [4.78, 5) is 9.17. The molecule has 0 bridgehead atoms. The van der Waals surface area contributed by atoms with Crippen LogP contribution in [0.2, 0.25) is 0 Å². The fourth-order valence-corrected chi connectivity index (χ4v) is 3.65. The highest BCUT2D eigenvalue weighted by Gasteiger charge is 2.36. The van der Waals surface area contributed by atoms with Crippen LogP contribution in [0.25, 0.3) is 5.57 Å². The van der Waals surface area contributed by atoms with Crippen LogP contribution in [0.1, 0.15) is 11.1 Å². The Labute approximate surface area is 129 Å². The van der Waals surface area contributed by atoms with Crippen molar-refractivity contribution in [3.63, 3.8) is 0 Å². The van der Waals surface area contributed by atoms with Crippen LogP contribution in [0.4, 0.5) is 0 Å². The lowest BCUT2D eigenvalue weighted by Crippen LogP contribution is -2.39. The fourth-order valence-electron chi connectivity index (χ4n) is 2.51. The van der Waals surface area contributed by atoms with E-state index in [9.17, 15) is 0 Å². The van der Waals surface area contributed by atoms with Crippen molar-refractivity contribution < 1.29 is 4.74 Å². The van der Waals surface area contributed by atoms with Crippen LogP contribution in [-0.4, -0.2) is 37.8 Å². The third-order valence-corrected chi connectivity index (χ3v) is 4.71. The molecule has 0 aliphatic carbocycles. The van der Waals surface area contributed by atoms with Gasteiger partial charge in [0.05, 0.1) is 25.4 Å². The number of aryl methyl sites for hydroxylation is 1. The standard InChI is InChI=1S/C16H19N3OS/c1-11-3-5-12(6-4-11)13-9-21-16-14(13)15(18-10-19-16)17-7-8-20-2/h3-6,9-10,14,16H,7-8H2,1-2H3,(H,17,18,19)/t14-,16-/m0/s1. The Bertz CT molecular complexity index is 592. The van der Waals surface area contributed by atoms with E-state index in [-0.39, 0.29) is 11.3 Å². The quantitative estimate of drug-likeness (QED) is 0.870. The molecular formula is C16H19N3OS. The molecule has 2 heterocycles. The lowest BCUT2D eigenvalue weighted by atomic mass is 9.91. The van der Waals surface area contributed by atoms with Crippen molar-refractivity contribution in [1.82, 2.24) is 5.32 Å². The summed E-state index contributed by atoms with van der Waals surface area (Å²) in [6, 6.07) is 8.65. The van der Waals surface area contributed by atoms with Gasteiger partial charge in [-0.25, -0.2) is 0 Å². The maximum Gasteiger partial charge on any atom is 0.115 e. The second kappa shape index (κ2) is 6.45. The number of hydrogen-bond donors (Lipinski definition) is 1. The first-order valence-corrected chi connectivity index (χ1v) is 7.98. The number of nitrogens with one attached hydrogen (secondary N) is 1. The molecule has 1 aromatic carbocycles. The number of aliphatic imine (C=N–C) groups is 2. The van der Waals surface area contributed by atoms with Gasteiger partial charge in [0, 0.05) is 7.11 Å². The Hall–Kier alpha value is -1.59. The van der Waals surface area contributed by atoms with Gasteiger partial charge >= 0.3 is 0 Å². The number of thioether (sulfide) groups is 1. The average Bonchev–Trinajstić information content (AvgIpc) is 2.93. The molecule has 21 heavy (non-hydrogen) atoms. The molecule has 2 atom stereocenters. The van der Waals surface area contributed by atoms with Gasteiger partial charge in [-0.2, -0.15) is 0 Å². The summed E-state index contributed by atoms with van der Waals surface area (Å²) in [6.07, 6.45) is 1.76. The van der Waals surface area contributed by atoms with E-state index in [1.807, 2.05) is 0 Å².